The van der Waals surface area contributed by atoms with E-state index in [9.17, 15) is 9.18 Å². The molecular formula is C23H27F2N5O3. The molecule has 3 saturated heterocycles. The number of alkyl carbamates (subject to hydrolysis) is 1. The topological polar surface area (TPSA) is 88.1 Å². The van der Waals surface area contributed by atoms with E-state index in [1.165, 1.54) is 19.2 Å². The maximum Gasteiger partial charge on any atom is 0.413 e. The van der Waals surface area contributed by atoms with Gasteiger partial charge in [-0.1, -0.05) is 6.58 Å². The molecule has 3 fully saturated rings. The number of carbonyl (C=O) groups is 1. The highest BCUT2D eigenvalue weighted by molar-refractivity contribution is 6.13. The summed E-state index contributed by atoms with van der Waals surface area (Å²) in [6.45, 7) is 9.62. The fraction of sp³-hybridized carbons (Fsp3) is 0.435. The van der Waals surface area contributed by atoms with Gasteiger partial charge >= 0.3 is 6.09 Å². The van der Waals surface area contributed by atoms with E-state index in [4.69, 9.17) is 14.5 Å². The number of cyclic esters (lactones) is 1. The number of amidine groups is 1. The summed E-state index contributed by atoms with van der Waals surface area (Å²) in [5.74, 6) is 0.305. The molecule has 4 heterocycles. The van der Waals surface area contributed by atoms with E-state index in [-0.39, 0.29) is 19.0 Å². The highest BCUT2D eigenvalue weighted by Gasteiger charge is 2.42. The van der Waals surface area contributed by atoms with Crippen LogP contribution in [-0.4, -0.2) is 62.4 Å². The number of alkyl halides is 1. The first-order valence-electron chi connectivity index (χ1n) is 10.8. The normalized spacial score (nSPS) is 25.8. The van der Waals surface area contributed by atoms with E-state index in [2.05, 4.69) is 27.1 Å². The molecule has 0 spiro atoms. The molecule has 1 aromatic rings. The van der Waals surface area contributed by atoms with Crippen molar-refractivity contribution in [3.8, 4) is 0 Å². The zero-order valence-electron chi connectivity index (χ0n) is 18.7. The Bertz CT molecular complexity index is 1040. The lowest BCUT2D eigenvalue weighted by atomic mass is 9.91. The number of hydrogen-bond donors (Lipinski definition) is 2. The molecule has 0 bridgehead atoms. The summed E-state index contributed by atoms with van der Waals surface area (Å²) in [4.78, 5) is 23.1. The van der Waals surface area contributed by atoms with Gasteiger partial charge in [-0.05, 0) is 43.2 Å². The van der Waals surface area contributed by atoms with Gasteiger partial charge in [0.25, 0.3) is 0 Å². The van der Waals surface area contributed by atoms with Crippen molar-refractivity contribution in [2.75, 3.05) is 44.3 Å². The summed E-state index contributed by atoms with van der Waals surface area (Å²) in [7, 11) is 0. The Kier molecular flexibility index (Phi) is 6.57. The van der Waals surface area contributed by atoms with Gasteiger partial charge in [-0.3, -0.25) is 5.32 Å². The van der Waals surface area contributed by atoms with E-state index < -0.39 is 23.7 Å². The molecule has 3 aliphatic heterocycles. The number of halogens is 2. The highest BCUT2D eigenvalue weighted by atomic mass is 19.1. The molecule has 176 valence electrons. The van der Waals surface area contributed by atoms with Crippen molar-refractivity contribution in [3.63, 3.8) is 0 Å². The standard InChI is InChI=1S/C23H27F2N5O3/c1-4-27-21-20(18(9-14(2)24)33-22(31)29-21)15(3)17-10-16(23(25)12-32-13-23)11-19(28-17)30-7-5-26-6-8-30/h4,9-11,18,26H,1,5-8,12-13H2,2-3H3,(H,27,29,31)/b14-9?,20-15+. The van der Waals surface area contributed by atoms with Gasteiger partial charge in [0, 0.05) is 38.0 Å². The lowest BCUT2D eigenvalue weighted by Crippen LogP contribution is -2.45. The number of ether oxygens (including phenoxy) is 2. The van der Waals surface area contributed by atoms with Gasteiger partial charge in [0.1, 0.15) is 11.7 Å². The second-order valence-corrected chi connectivity index (χ2v) is 8.20. The third kappa shape index (κ3) is 4.81. The average Bonchev–Trinajstić information content (AvgIpc) is 2.77. The van der Waals surface area contributed by atoms with Crippen molar-refractivity contribution in [3.05, 3.63) is 53.6 Å². The summed E-state index contributed by atoms with van der Waals surface area (Å²) in [5, 5.41) is 5.83. The van der Waals surface area contributed by atoms with Crippen molar-refractivity contribution in [1.82, 2.24) is 15.6 Å². The van der Waals surface area contributed by atoms with Crippen LogP contribution in [0.2, 0.25) is 0 Å². The number of hydrogen-bond acceptors (Lipinski definition) is 7. The summed E-state index contributed by atoms with van der Waals surface area (Å²) < 4.78 is 39.7. The number of aromatic nitrogens is 1. The Hall–Kier alpha value is -3.11. The number of carbonyl (C=O) groups excluding carboxylic acids is 1. The van der Waals surface area contributed by atoms with Crippen LogP contribution in [-0.2, 0) is 15.1 Å². The van der Waals surface area contributed by atoms with Gasteiger partial charge in [0.15, 0.2) is 11.8 Å². The predicted molar refractivity (Wildman–Crippen MR) is 121 cm³/mol. The molecule has 0 aromatic carbocycles. The number of nitrogens with zero attached hydrogens (tertiary/aromatic N) is 3. The second kappa shape index (κ2) is 9.40. The first-order chi connectivity index (χ1) is 15.8. The number of nitrogens with one attached hydrogen (secondary N) is 2. The van der Waals surface area contributed by atoms with Crippen molar-refractivity contribution in [2.45, 2.75) is 25.6 Å². The molecule has 1 unspecified atom stereocenters. The molecule has 1 atom stereocenters. The number of piperazine rings is 1. The van der Waals surface area contributed by atoms with Crippen molar-refractivity contribution < 1.29 is 23.0 Å². The SMILES string of the molecule is C=CN=C1NC(=O)OC(C=C(C)F)/C1=C(/C)c1cc(C2(F)COC2)cc(N2CCNCC2)n1. The number of aliphatic imine (C=N–C) groups is 1. The minimum Gasteiger partial charge on any atom is -0.437 e. The molecular weight excluding hydrogens is 432 g/mol. The summed E-state index contributed by atoms with van der Waals surface area (Å²) in [5.41, 5.74) is 0.325. The molecule has 0 saturated carbocycles. The van der Waals surface area contributed by atoms with E-state index in [0.717, 1.165) is 26.2 Å². The molecule has 1 aromatic heterocycles. The number of amides is 1. The van der Waals surface area contributed by atoms with Crippen molar-refractivity contribution >= 4 is 23.3 Å². The first-order valence-corrected chi connectivity index (χ1v) is 10.8. The van der Waals surface area contributed by atoms with Crippen LogP contribution in [0.4, 0.5) is 19.4 Å². The van der Waals surface area contributed by atoms with Crippen molar-refractivity contribution in [1.29, 1.82) is 0 Å². The Morgan fingerprint density at radius 1 is 1.33 bits per heavy atom. The molecule has 3 aliphatic rings. The van der Waals surface area contributed by atoms with E-state index in [0.29, 0.717) is 28.2 Å². The van der Waals surface area contributed by atoms with Gasteiger partial charge in [0.2, 0.25) is 0 Å². The Morgan fingerprint density at radius 3 is 2.67 bits per heavy atom. The third-order valence-electron chi connectivity index (χ3n) is 5.82. The third-order valence-corrected chi connectivity index (χ3v) is 5.82. The van der Waals surface area contributed by atoms with Crippen LogP contribution in [0, 0.1) is 0 Å². The quantitative estimate of drug-likeness (QED) is 0.704. The van der Waals surface area contributed by atoms with Crippen LogP contribution < -0.4 is 15.5 Å². The molecule has 1 amide bonds. The van der Waals surface area contributed by atoms with E-state index in [1.54, 1.807) is 19.1 Å². The van der Waals surface area contributed by atoms with Crippen LogP contribution in [0.15, 0.2) is 47.4 Å². The zero-order valence-corrected chi connectivity index (χ0v) is 18.7. The van der Waals surface area contributed by atoms with Crippen LogP contribution in [0.5, 0.6) is 0 Å². The predicted octanol–water partition coefficient (Wildman–Crippen LogP) is 2.98. The van der Waals surface area contributed by atoms with Gasteiger partial charge in [-0.15, -0.1) is 0 Å². The molecule has 2 N–H and O–H groups in total. The maximum atomic E-state index is 15.4. The smallest absolute Gasteiger partial charge is 0.413 e. The fourth-order valence-corrected chi connectivity index (χ4v) is 4.02. The fourth-order valence-electron chi connectivity index (χ4n) is 4.02. The van der Waals surface area contributed by atoms with Gasteiger partial charge in [0.05, 0.1) is 24.7 Å². The number of anilines is 1. The van der Waals surface area contributed by atoms with Crippen LogP contribution in [0.1, 0.15) is 25.1 Å². The molecule has 4 rings (SSSR count). The molecule has 33 heavy (non-hydrogen) atoms. The Labute approximate surface area is 191 Å². The zero-order chi connectivity index (χ0) is 23.6. The van der Waals surface area contributed by atoms with Crippen molar-refractivity contribution in [2.24, 2.45) is 4.99 Å². The Balaban J connectivity index is 1.87. The highest BCUT2D eigenvalue weighted by Crippen LogP contribution is 2.37. The van der Waals surface area contributed by atoms with Gasteiger partial charge < -0.3 is 19.7 Å². The first kappa shape index (κ1) is 23.1. The minimum absolute atomic E-state index is 0.0260. The van der Waals surface area contributed by atoms with Crippen LogP contribution in [0.3, 0.4) is 0 Å². The lowest BCUT2D eigenvalue weighted by Gasteiger charge is -2.36. The maximum absolute atomic E-state index is 15.4. The molecule has 10 heteroatoms. The Morgan fingerprint density at radius 2 is 2.06 bits per heavy atom. The summed E-state index contributed by atoms with van der Waals surface area (Å²) >= 11 is 0. The second-order valence-electron chi connectivity index (χ2n) is 8.20. The number of rotatable bonds is 5. The largest absolute Gasteiger partial charge is 0.437 e. The van der Waals surface area contributed by atoms with Crippen LogP contribution in [0.25, 0.3) is 5.57 Å². The van der Waals surface area contributed by atoms with Gasteiger partial charge in [-0.25, -0.2) is 23.6 Å². The molecule has 0 radical (unpaired) electrons. The van der Waals surface area contributed by atoms with Gasteiger partial charge in [-0.2, -0.15) is 0 Å². The molecule has 0 aliphatic carbocycles. The number of allylic oxidation sites excluding steroid dienone is 2. The van der Waals surface area contributed by atoms with Crippen LogP contribution >= 0.6 is 0 Å². The number of pyridine rings is 1. The van der Waals surface area contributed by atoms with E-state index >= 15 is 4.39 Å². The van der Waals surface area contributed by atoms with E-state index in [1.807, 2.05) is 0 Å². The monoisotopic (exact) mass is 459 g/mol. The lowest BCUT2D eigenvalue weighted by molar-refractivity contribution is -0.135. The summed E-state index contributed by atoms with van der Waals surface area (Å²) in [6, 6.07) is 3.43. The minimum atomic E-state index is -1.60. The molecule has 8 nitrogen and oxygen atoms in total. The average molecular weight is 459 g/mol. The summed E-state index contributed by atoms with van der Waals surface area (Å²) in [6.07, 6.45) is 0.678.